The van der Waals surface area contributed by atoms with Crippen LogP contribution in [0, 0.1) is 17.0 Å². The van der Waals surface area contributed by atoms with Gasteiger partial charge in [-0.15, -0.1) is 0 Å². The Morgan fingerprint density at radius 1 is 1.11 bits per heavy atom. The smallest absolute Gasteiger partial charge is 0.338 e. The standard InChI is InChI=1S/C19H18BrNO6/c1-11-5-6-12(15(20)7-11)8-14(19(22)27-4)13-9-17(25-2)18(26-3)10-16(13)21(23)24/h5-10H,1-4H3/b14-8+. The first-order valence-corrected chi connectivity index (χ1v) is 8.58. The first-order chi connectivity index (χ1) is 12.8. The van der Waals surface area contributed by atoms with Gasteiger partial charge in [0.25, 0.3) is 5.69 Å². The van der Waals surface area contributed by atoms with E-state index in [1.165, 1.54) is 39.5 Å². The zero-order valence-corrected chi connectivity index (χ0v) is 16.8. The molecule has 0 fully saturated rings. The van der Waals surface area contributed by atoms with E-state index in [0.717, 1.165) is 10.0 Å². The van der Waals surface area contributed by atoms with Gasteiger partial charge in [-0.05, 0) is 36.3 Å². The quantitative estimate of drug-likeness (QED) is 0.219. The highest BCUT2D eigenvalue weighted by Gasteiger charge is 2.26. The van der Waals surface area contributed by atoms with Crippen molar-refractivity contribution in [2.45, 2.75) is 6.92 Å². The Morgan fingerprint density at radius 2 is 1.74 bits per heavy atom. The zero-order valence-electron chi connectivity index (χ0n) is 15.2. The number of aryl methyl sites for hydroxylation is 1. The van der Waals surface area contributed by atoms with Gasteiger partial charge in [-0.25, -0.2) is 4.79 Å². The molecule has 0 atom stereocenters. The number of rotatable bonds is 6. The molecule has 7 nitrogen and oxygen atoms in total. The van der Waals surface area contributed by atoms with Crippen LogP contribution in [0.5, 0.6) is 11.5 Å². The summed E-state index contributed by atoms with van der Waals surface area (Å²) in [6, 6.07) is 8.16. The minimum absolute atomic E-state index is 0.0229. The van der Waals surface area contributed by atoms with Gasteiger partial charge in [-0.1, -0.05) is 28.1 Å². The van der Waals surface area contributed by atoms with Gasteiger partial charge in [-0.2, -0.15) is 0 Å². The van der Waals surface area contributed by atoms with Crippen molar-refractivity contribution in [1.29, 1.82) is 0 Å². The highest BCUT2D eigenvalue weighted by Crippen LogP contribution is 2.39. The topological polar surface area (TPSA) is 87.9 Å². The number of benzene rings is 2. The molecule has 0 saturated heterocycles. The molecule has 0 radical (unpaired) electrons. The number of nitro benzene ring substituents is 1. The fourth-order valence-electron chi connectivity index (χ4n) is 2.50. The average Bonchev–Trinajstić information content (AvgIpc) is 2.65. The van der Waals surface area contributed by atoms with Crippen molar-refractivity contribution < 1.29 is 23.9 Å². The number of nitrogens with zero attached hydrogens (tertiary/aromatic N) is 1. The minimum atomic E-state index is -0.710. The van der Waals surface area contributed by atoms with Crippen LogP contribution < -0.4 is 9.47 Å². The average molecular weight is 436 g/mol. The number of carbonyl (C=O) groups excluding carboxylic acids is 1. The molecule has 2 aromatic carbocycles. The molecule has 0 aliphatic carbocycles. The Hall–Kier alpha value is -2.87. The van der Waals surface area contributed by atoms with Crippen LogP contribution in [0.2, 0.25) is 0 Å². The molecule has 0 aliphatic heterocycles. The lowest BCUT2D eigenvalue weighted by molar-refractivity contribution is -0.385. The maximum atomic E-state index is 12.4. The monoisotopic (exact) mass is 435 g/mol. The van der Waals surface area contributed by atoms with Crippen LogP contribution in [0.3, 0.4) is 0 Å². The number of ether oxygens (including phenoxy) is 3. The SMILES string of the molecule is COC(=O)/C(=C/c1ccc(C)cc1Br)c1cc(OC)c(OC)cc1[N+](=O)[O-]. The van der Waals surface area contributed by atoms with Gasteiger partial charge in [0.15, 0.2) is 11.5 Å². The second-order valence-corrected chi connectivity index (χ2v) is 6.41. The van der Waals surface area contributed by atoms with Crippen LogP contribution in [0.25, 0.3) is 11.6 Å². The van der Waals surface area contributed by atoms with E-state index < -0.39 is 10.9 Å². The molecule has 8 heteroatoms. The molecule has 0 unspecified atom stereocenters. The number of hydrogen-bond acceptors (Lipinski definition) is 6. The van der Waals surface area contributed by atoms with E-state index in [1.807, 2.05) is 19.1 Å². The van der Waals surface area contributed by atoms with E-state index in [1.54, 1.807) is 6.07 Å². The van der Waals surface area contributed by atoms with E-state index in [9.17, 15) is 14.9 Å². The van der Waals surface area contributed by atoms with Crippen molar-refractivity contribution in [3.05, 3.63) is 61.6 Å². The van der Waals surface area contributed by atoms with E-state index in [2.05, 4.69) is 15.9 Å². The van der Waals surface area contributed by atoms with E-state index in [-0.39, 0.29) is 28.3 Å². The number of carbonyl (C=O) groups is 1. The maximum Gasteiger partial charge on any atom is 0.338 e. The van der Waals surface area contributed by atoms with Crippen molar-refractivity contribution in [3.8, 4) is 11.5 Å². The summed E-state index contributed by atoms with van der Waals surface area (Å²) in [6.45, 7) is 1.93. The van der Waals surface area contributed by atoms with Crippen molar-refractivity contribution in [3.63, 3.8) is 0 Å². The Kier molecular flexibility index (Phi) is 6.57. The second kappa shape index (κ2) is 8.68. The lowest BCUT2D eigenvalue weighted by atomic mass is 9.99. The summed E-state index contributed by atoms with van der Waals surface area (Å²) < 4.78 is 15.9. The molecule has 0 aromatic heterocycles. The predicted molar refractivity (Wildman–Crippen MR) is 105 cm³/mol. The number of halogens is 1. The summed E-state index contributed by atoms with van der Waals surface area (Å²) in [5, 5.41) is 11.6. The third-order valence-electron chi connectivity index (χ3n) is 3.85. The number of methoxy groups -OCH3 is 3. The van der Waals surface area contributed by atoms with E-state index in [4.69, 9.17) is 14.2 Å². The third kappa shape index (κ3) is 4.46. The first kappa shape index (κ1) is 20.4. The van der Waals surface area contributed by atoms with Gasteiger partial charge in [0.2, 0.25) is 0 Å². The van der Waals surface area contributed by atoms with Crippen molar-refractivity contribution >= 4 is 39.2 Å². The molecule has 0 aliphatic rings. The molecule has 27 heavy (non-hydrogen) atoms. The Morgan fingerprint density at radius 3 is 2.26 bits per heavy atom. The highest BCUT2D eigenvalue weighted by molar-refractivity contribution is 9.10. The van der Waals surface area contributed by atoms with E-state index in [0.29, 0.717) is 5.56 Å². The van der Waals surface area contributed by atoms with Crippen molar-refractivity contribution in [1.82, 2.24) is 0 Å². The lowest BCUT2D eigenvalue weighted by Crippen LogP contribution is -2.07. The summed E-state index contributed by atoms with van der Waals surface area (Å²) in [5.41, 5.74) is 1.49. The van der Waals surface area contributed by atoms with Crippen LogP contribution in [0.1, 0.15) is 16.7 Å². The fourth-order valence-corrected chi connectivity index (χ4v) is 3.10. The highest BCUT2D eigenvalue weighted by atomic mass is 79.9. The molecule has 0 spiro atoms. The van der Waals surface area contributed by atoms with Gasteiger partial charge in [-0.3, -0.25) is 10.1 Å². The van der Waals surface area contributed by atoms with Crippen LogP contribution in [0.4, 0.5) is 5.69 Å². The van der Waals surface area contributed by atoms with Crippen molar-refractivity contribution in [2.24, 2.45) is 0 Å². The molecule has 2 rings (SSSR count). The fraction of sp³-hybridized carbons (Fsp3) is 0.211. The molecule has 0 saturated carbocycles. The normalized spacial score (nSPS) is 11.1. The summed E-state index contributed by atoms with van der Waals surface area (Å²) in [4.78, 5) is 23.4. The van der Waals surface area contributed by atoms with E-state index >= 15 is 0 Å². The number of nitro groups is 1. The predicted octanol–water partition coefficient (Wildman–Crippen LogP) is 4.40. The van der Waals surface area contributed by atoms with Gasteiger partial charge < -0.3 is 14.2 Å². The van der Waals surface area contributed by atoms with Crippen LogP contribution >= 0.6 is 15.9 Å². The number of hydrogen-bond donors (Lipinski definition) is 0. The largest absolute Gasteiger partial charge is 0.493 e. The number of esters is 1. The van der Waals surface area contributed by atoms with Gasteiger partial charge >= 0.3 is 5.97 Å². The Labute approximate surface area is 164 Å². The molecule has 142 valence electrons. The third-order valence-corrected chi connectivity index (χ3v) is 4.54. The lowest BCUT2D eigenvalue weighted by Gasteiger charge is -2.12. The molecule has 0 amide bonds. The second-order valence-electron chi connectivity index (χ2n) is 5.56. The zero-order chi connectivity index (χ0) is 20.1. The van der Waals surface area contributed by atoms with Gasteiger partial charge in [0, 0.05) is 4.47 Å². The maximum absolute atomic E-state index is 12.4. The summed E-state index contributed by atoms with van der Waals surface area (Å²) in [7, 11) is 4.00. The molecular formula is C19H18BrNO6. The van der Waals surface area contributed by atoms with Gasteiger partial charge in [0.1, 0.15) is 0 Å². The molecule has 2 aromatic rings. The van der Waals surface area contributed by atoms with Crippen LogP contribution in [-0.2, 0) is 9.53 Å². The summed E-state index contributed by atoms with van der Waals surface area (Å²) >= 11 is 3.44. The van der Waals surface area contributed by atoms with Crippen LogP contribution in [0.15, 0.2) is 34.8 Å². The van der Waals surface area contributed by atoms with Crippen LogP contribution in [-0.4, -0.2) is 32.2 Å². The molecular weight excluding hydrogens is 418 g/mol. The minimum Gasteiger partial charge on any atom is -0.493 e. The molecule has 0 N–H and O–H groups in total. The molecule has 0 bridgehead atoms. The summed E-state index contributed by atoms with van der Waals surface area (Å²) in [6.07, 6.45) is 1.53. The van der Waals surface area contributed by atoms with Crippen molar-refractivity contribution in [2.75, 3.05) is 21.3 Å². The Balaban J connectivity index is 2.78. The summed E-state index contributed by atoms with van der Waals surface area (Å²) in [5.74, 6) is -0.262. The van der Waals surface area contributed by atoms with Gasteiger partial charge in [0.05, 0.1) is 43.5 Å². The Bertz CT molecular complexity index is 923. The first-order valence-electron chi connectivity index (χ1n) is 7.79. The molecule has 0 heterocycles.